The third kappa shape index (κ3) is 3.29. The van der Waals surface area contributed by atoms with Crippen molar-refractivity contribution in [1.29, 1.82) is 0 Å². The second kappa shape index (κ2) is 5.42. The molecular formula is C13H9Cl2F3N2. The smallest absolute Gasteiger partial charge is 0.399 e. The lowest BCUT2D eigenvalue weighted by Crippen LogP contribution is -2.09. The van der Waals surface area contributed by atoms with Crippen molar-refractivity contribution in [2.45, 2.75) is 6.18 Å². The van der Waals surface area contributed by atoms with Crippen LogP contribution in [0.15, 0.2) is 36.4 Å². The molecule has 0 fully saturated rings. The Bertz CT molecular complexity index is 642. The van der Waals surface area contributed by atoms with E-state index >= 15 is 0 Å². The van der Waals surface area contributed by atoms with Crippen molar-refractivity contribution in [2.75, 3.05) is 11.1 Å². The van der Waals surface area contributed by atoms with E-state index in [2.05, 4.69) is 5.32 Å². The number of alkyl halides is 3. The Morgan fingerprint density at radius 2 is 1.65 bits per heavy atom. The van der Waals surface area contributed by atoms with Crippen LogP contribution in [0.4, 0.5) is 30.2 Å². The fourth-order valence-corrected chi connectivity index (χ4v) is 1.93. The van der Waals surface area contributed by atoms with Gasteiger partial charge in [-0.15, -0.1) is 0 Å². The molecule has 2 aromatic carbocycles. The first-order valence-corrected chi connectivity index (χ1v) is 6.22. The first-order valence-electron chi connectivity index (χ1n) is 5.46. The molecule has 2 rings (SSSR count). The summed E-state index contributed by atoms with van der Waals surface area (Å²) >= 11 is 11.6. The van der Waals surface area contributed by atoms with Gasteiger partial charge in [0, 0.05) is 11.4 Å². The molecule has 3 N–H and O–H groups in total. The van der Waals surface area contributed by atoms with Gasteiger partial charge in [-0.3, -0.25) is 0 Å². The van der Waals surface area contributed by atoms with Gasteiger partial charge < -0.3 is 11.1 Å². The molecule has 2 aromatic rings. The molecule has 106 valence electrons. The van der Waals surface area contributed by atoms with Crippen LogP contribution in [0.3, 0.4) is 0 Å². The first-order chi connectivity index (χ1) is 9.27. The van der Waals surface area contributed by atoms with E-state index in [0.717, 1.165) is 6.07 Å². The van der Waals surface area contributed by atoms with Gasteiger partial charge in [-0.1, -0.05) is 23.2 Å². The summed E-state index contributed by atoms with van der Waals surface area (Å²) in [6, 6.07) is 8.00. The number of hydrogen-bond acceptors (Lipinski definition) is 2. The molecule has 0 saturated carbocycles. The molecule has 0 bridgehead atoms. The highest BCUT2D eigenvalue weighted by Crippen LogP contribution is 2.37. The summed E-state index contributed by atoms with van der Waals surface area (Å²) in [7, 11) is 0. The van der Waals surface area contributed by atoms with Crippen LogP contribution in [0, 0.1) is 0 Å². The van der Waals surface area contributed by atoms with E-state index in [1.165, 1.54) is 30.3 Å². The summed E-state index contributed by atoms with van der Waals surface area (Å²) in [4.78, 5) is 0. The fourth-order valence-electron chi connectivity index (χ4n) is 1.63. The lowest BCUT2D eigenvalue weighted by Gasteiger charge is -2.15. The largest absolute Gasteiger partial charge is 0.418 e. The van der Waals surface area contributed by atoms with E-state index < -0.39 is 11.7 Å². The molecule has 0 aliphatic rings. The van der Waals surface area contributed by atoms with Crippen molar-refractivity contribution in [3.63, 3.8) is 0 Å². The van der Waals surface area contributed by atoms with Crippen LogP contribution < -0.4 is 11.1 Å². The molecule has 0 heterocycles. The van der Waals surface area contributed by atoms with Gasteiger partial charge in [-0.05, 0) is 36.4 Å². The average Bonchev–Trinajstić information content (AvgIpc) is 2.35. The van der Waals surface area contributed by atoms with Gasteiger partial charge in [0.05, 0.1) is 21.3 Å². The molecular weight excluding hydrogens is 312 g/mol. The minimum absolute atomic E-state index is 0.0389. The zero-order valence-electron chi connectivity index (χ0n) is 9.93. The van der Waals surface area contributed by atoms with E-state index in [9.17, 15) is 13.2 Å². The minimum Gasteiger partial charge on any atom is -0.399 e. The number of anilines is 3. The zero-order chi connectivity index (χ0) is 14.9. The van der Waals surface area contributed by atoms with Gasteiger partial charge in [0.25, 0.3) is 0 Å². The number of nitrogens with two attached hydrogens (primary N) is 1. The van der Waals surface area contributed by atoms with E-state index in [4.69, 9.17) is 28.9 Å². The topological polar surface area (TPSA) is 38.0 Å². The standard InChI is InChI=1S/C13H9Cl2F3N2/c14-10-3-2-8(6-11(10)15)20-12-4-1-7(19)5-9(12)13(16,17)18/h1-6,20H,19H2. The fraction of sp³-hybridized carbons (Fsp3) is 0.0769. The van der Waals surface area contributed by atoms with Crippen molar-refractivity contribution < 1.29 is 13.2 Å². The molecule has 0 atom stereocenters. The van der Waals surface area contributed by atoms with Crippen LogP contribution in [0.5, 0.6) is 0 Å². The summed E-state index contributed by atoms with van der Waals surface area (Å²) in [6.07, 6.45) is -4.51. The van der Waals surface area contributed by atoms with Crippen LogP contribution in [0.25, 0.3) is 0 Å². The van der Waals surface area contributed by atoms with Gasteiger partial charge in [0.15, 0.2) is 0 Å². The Labute approximate surface area is 123 Å². The predicted octanol–water partition coefficient (Wildman–Crippen LogP) is 5.34. The highest BCUT2D eigenvalue weighted by atomic mass is 35.5. The molecule has 20 heavy (non-hydrogen) atoms. The number of hydrogen-bond donors (Lipinski definition) is 2. The molecule has 0 aromatic heterocycles. The van der Waals surface area contributed by atoms with Crippen LogP contribution in [0.1, 0.15) is 5.56 Å². The van der Waals surface area contributed by atoms with Crippen LogP contribution >= 0.6 is 23.2 Å². The van der Waals surface area contributed by atoms with Gasteiger partial charge in [0.2, 0.25) is 0 Å². The third-order valence-electron chi connectivity index (χ3n) is 2.55. The molecule has 7 heteroatoms. The van der Waals surface area contributed by atoms with Gasteiger partial charge in [-0.25, -0.2) is 0 Å². The number of halogens is 5. The molecule has 0 saturated heterocycles. The van der Waals surface area contributed by atoms with Gasteiger partial charge in [0.1, 0.15) is 0 Å². The molecule has 0 radical (unpaired) electrons. The number of nitrogens with one attached hydrogen (secondary N) is 1. The van der Waals surface area contributed by atoms with Crippen molar-refractivity contribution >= 4 is 40.3 Å². The second-order valence-electron chi connectivity index (χ2n) is 4.06. The average molecular weight is 321 g/mol. The molecule has 0 aliphatic heterocycles. The highest BCUT2D eigenvalue weighted by Gasteiger charge is 2.33. The lowest BCUT2D eigenvalue weighted by molar-refractivity contribution is -0.136. The summed E-state index contributed by atoms with van der Waals surface area (Å²) in [6.45, 7) is 0. The van der Waals surface area contributed by atoms with Crippen molar-refractivity contribution in [3.8, 4) is 0 Å². The normalized spacial score (nSPS) is 11.4. The molecule has 2 nitrogen and oxygen atoms in total. The number of benzene rings is 2. The van der Waals surface area contributed by atoms with Crippen LogP contribution in [0.2, 0.25) is 10.0 Å². The molecule has 0 amide bonds. The second-order valence-corrected chi connectivity index (χ2v) is 4.87. The molecule has 0 unspecified atom stereocenters. The first kappa shape index (κ1) is 14.8. The lowest BCUT2D eigenvalue weighted by atomic mass is 10.1. The summed E-state index contributed by atoms with van der Waals surface area (Å²) in [5.74, 6) is 0. The van der Waals surface area contributed by atoms with E-state index in [1.54, 1.807) is 0 Å². The van der Waals surface area contributed by atoms with Crippen molar-refractivity contribution in [2.24, 2.45) is 0 Å². The Morgan fingerprint density at radius 3 is 2.25 bits per heavy atom. The maximum absolute atomic E-state index is 12.9. The zero-order valence-corrected chi connectivity index (χ0v) is 11.4. The quantitative estimate of drug-likeness (QED) is 0.733. The van der Waals surface area contributed by atoms with E-state index in [1.807, 2.05) is 0 Å². The van der Waals surface area contributed by atoms with Crippen molar-refractivity contribution in [3.05, 3.63) is 52.0 Å². The Balaban J connectivity index is 2.40. The Morgan fingerprint density at radius 1 is 0.950 bits per heavy atom. The maximum Gasteiger partial charge on any atom is 0.418 e. The van der Waals surface area contributed by atoms with Crippen LogP contribution in [-0.2, 0) is 6.18 Å². The third-order valence-corrected chi connectivity index (χ3v) is 3.29. The number of rotatable bonds is 2. The highest BCUT2D eigenvalue weighted by molar-refractivity contribution is 6.42. The summed E-state index contributed by atoms with van der Waals surface area (Å²) in [5, 5.41) is 3.23. The SMILES string of the molecule is Nc1ccc(Nc2ccc(Cl)c(Cl)c2)c(C(F)(F)F)c1. The van der Waals surface area contributed by atoms with E-state index in [-0.39, 0.29) is 16.4 Å². The monoisotopic (exact) mass is 320 g/mol. The van der Waals surface area contributed by atoms with Gasteiger partial charge >= 0.3 is 6.18 Å². The minimum atomic E-state index is -4.51. The summed E-state index contributed by atoms with van der Waals surface area (Å²) in [5.41, 5.74) is 4.88. The van der Waals surface area contributed by atoms with E-state index in [0.29, 0.717) is 10.7 Å². The van der Waals surface area contributed by atoms with Crippen molar-refractivity contribution in [1.82, 2.24) is 0 Å². The Kier molecular flexibility index (Phi) is 4.01. The van der Waals surface area contributed by atoms with Gasteiger partial charge in [-0.2, -0.15) is 13.2 Å². The maximum atomic E-state index is 12.9. The predicted molar refractivity (Wildman–Crippen MR) is 75.6 cm³/mol. The molecule has 0 spiro atoms. The summed E-state index contributed by atoms with van der Waals surface area (Å²) < 4.78 is 38.8. The number of nitrogen functional groups attached to an aromatic ring is 1. The van der Waals surface area contributed by atoms with Crippen LogP contribution in [-0.4, -0.2) is 0 Å². The Hall–Kier alpha value is -1.59. The molecule has 0 aliphatic carbocycles.